The third-order valence-corrected chi connectivity index (χ3v) is 2.33. The van der Waals surface area contributed by atoms with Crippen LogP contribution in [-0.2, 0) is 4.74 Å². The van der Waals surface area contributed by atoms with E-state index in [1.165, 1.54) is 6.26 Å². The Morgan fingerprint density at radius 3 is 3.07 bits per heavy atom. The van der Waals surface area contributed by atoms with E-state index < -0.39 is 0 Å². The summed E-state index contributed by atoms with van der Waals surface area (Å²) in [6, 6.07) is 5.04. The average Bonchev–Trinajstić information content (AvgIpc) is 2.60. The van der Waals surface area contributed by atoms with Gasteiger partial charge in [-0.05, 0) is 25.1 Å². The molecular formula is C11H9ClO3. The fourth-order valence-corrected chi connectivity index (χ4v) is 1.54. The SMILES string of the molecule is CCOC(=O)c1ccc2c(Cl)coc2c1. The van der Waals surface area contributed by atoms with Crippen molar-refractivity contribution in [2.24, 2.45) is 0 Å². The first-order chi connectivity index (χ1) is 7.22. The molecule has 1 aromatic carbocycles. The van der Waals surface area contributed by atoms with Gasteiger partial charge in [-0.3, -0.25) is 0 Å². The molecule has 0 bridgehead atoms. The van der Waals surface area contributed by atoms with Crippen molar-refractivity contribution in [2.45, 2.75) is 6.92 Å². The first-order valence-corrected chi connectivity index (χ1v) is 4.94. The van der Waals surface area contributed by atoms with Crippen LogP contribution < -0.4 is 0 Å². The van der Waals surface area contributed by atoms with E-state index in [0.717, 1.165) is 5.39 Å². The minimum Gasteiger partial charge on any atom is -0.463 e. The normalized spacial score (nSPS) is 10.5. The number of hydrogen-bond acceptors (Lipinski definition) is 3. The molecule has 0 unspecified atom stereocenters. The lowest BCUT2D eigenvalue weighted by atomic mass is 10.2. The van der Waals surface area contributed by atoms with Gasteiger partial charge < -0.3 is 9.15 Å². The van der Waals surface area contributed by atoms with Crippen LogP contribution in [0.25, 0.3) is 11.0 Å². The average molecular weight is 225 g/mol. The topological polar surface area (TPSA) is 39.4 Å². The molecule has 78 valence electrons. The Kier molecular flexibility index (Phi) is 2.64. The van der Waals surface area contributed by atoms with Gasteiger partial charge in [-0.2, -0.15) is 0 Å². The molecule has 0 amide bonds. The van der Waals surface area contributed by atoms with Gasteiger partial charge in [0, 0.05) is 5.39 Å². The number of esters is 1. The van der Waals surface area contributed by atoms with Gasteiger partial charge in [0.15, 0.2) is 0 Å². The Balaban J connectivity index is 2.43. The van der Waals surface area contributed by atoms with Gasteiger partial charge in [0.1, 0.15) is 11.8 Å². The molecule has 0 aliphatic heterocycles. The molecule has 0 N–H and O–H groups in total. The van der Waals surface area contributed by atoms with Crippen LogP contribution in [0.5, 0.6) is 0 Å². The third kappa shape index (κ3) is 1.83. The minimum atomic E-state index is -0.355. The first kappa shape index (κ1) is 10.1. The second kappa shape index (κ2) is 3.95. The standard InChI is InChI=1S/C11H9ClO3/c1-2-14-11(13)7-3-4-8-9(12)6-15-10(8)5-7/h3-6H,2H2,1H3. The molecule has 0 saturated carbocycles. The van der Waals surface area contributed by atoms with Gasteiger partial charge in [-0.1, -0.05) is 11.6 Å². The van der Waals surface area contributed by atoms with E-state index >= 15 is 0 Å². The van der Waals surface area contributed by atoms with Crippen molar-refractivity contribution in [2.75, 3.05) is 6.61 Å². The maximum absolute atomic E-state index is 11.4. The van der Waals surface area contributed by atoms with Gasteiger partial charge in [0.2, 0.25) is 0 Å². The number of rotatable bonds is 2. The predicted octanol–water partition coefficient (Wildman–Crippen LogP) is 3.26. The Morgan fingerprint density at radius 1 is 1.53 bits per heavy atom. The van der Waals surface area contributed by atoms with E-state index in [0.29, 0.717) is 22.8 Å². The molecule has 0 fully saturated rings. The van der Waals surface area contributed by atoms with Crippen LogP contribution in [0.1, 0.15) is 17.3 Å². The highest BCUT2D eigenvalue weighted by Gasteiger charge is 2.10. The number of furan rings is 1. The molecule has 2 rings (SSSR count). The lowest BCUT2D eigenvalue weighted by Gasteiger charge is -2.00. The summed E-state index contributed by atoms with van der Waals surface area (Å²) in [6.07, 6.45) is 1.45. The lowest BCUT2D eigenvalue weighted by molar-refractivity contribution is 0.0526. The molecule has 4 heteroatoms. The van der Waals surface area contributed by atoms with Crippen molar-refractivity contribution in [3.05, 3.63) is 35.0 Å². The number of ether oxygens (including phenoxy) is 1. The van der Waals surface area contributed by atoms with Gasteiger partial charge >= 0.3 is 5.97 Å². The molecule has 1 aromatic heterocycles. The van der Waals surface area contributed by atoms with Crippen molar-refractivity contribution >= 4 is 28.5 Å². The van der Waals surface area contributed by atoms with E-state index in [4.69, 9.17) is 20.8 Å². The molecule has 0 aliphatic rings. The number of carbonyl (C=O) groups excluding carboxylic acids is 1. The van der Waals surface area contributed by atoms with E-state index in [-0.39, 0.29) is 5.97 Å². The zero-order chi connectivity index (χ0) is 10.8. The molecule has 0 spiro atoms. The van der Waals surface area contributed by atoms with Crippen LogP contribution in [0.15, 0.2) is 28.9 Å². The quantitative estimate of drug-likeness (QED) is 0.735. The zero-order valence-corrected chi connectivity index (χ0v) is 8.88. The maximum atomic E-state index is 11.4. The van der Waals surface area contributed by atoms with Gasteiger partial charge in [0.05, 0.1) is 17.2 Å². The van der Waals surface area contributed by atoms with Crippen LogP contribution >= 0.6 is 11.6 Å². The second-order valence-corrected chi connectivity index (χ2v) is 3.42. The number of benzene rings is 1. The molecule has 1 heterocycles. The van der Waals surface area contributed by atoms with Gasteiger partial charge in [0.25, 0.3) is 0 Å². The fraction of sp³-hybridized carbons (Fsp3) is 0.182. The molecule has 0 aliphatic carbocycles. The summed E-state index contributed by atoms with van der Waals surface area (Å²) in [7, 11) is 0. The highest BCUT2D eigenvalue weighted by Crippen LogP contribution is 2.26. The van der Waals surface area contributed by atoms with E-state index in [9.17, 15) is 4.79 Å². The van der Waals surface area contributed by atoms with Crippen molar-refractivity contribution in [3.8, 4) is 0 Å². The molecule has 0 atom stereocenters. The molecule has 2 aromatic rings. The predicted molar refractivity (Wildman–Crippen MR) is 57.2 cm³/mol. The maximum Gasteiger partial charge on any atom is 0.338 e. The van der Waals surface area contributed by atoms with Crippen LogP contribution in [0, 0.1) is 0 Å². The molecule has 0 saturated heterocycles. The molecule has 3 nitrogen and oxygen atoms in total. The monoisotopic (exact) mass is 224 g/mol. The summed E-state index contributed by atoms with van der Waals surface area (Å²) >= 11 is 5.86. The van der Waals surface area contributed by atoms with Crippen molar-refractivity contribution in [1.29, 1.82) is 0 Å². The highest BCUT2D eigenvalue weighted by atomic mass is 35.5. The molecular weight excluding hydrogens is 216 g/mol. The lowest BCUT2D eigenvalue weighted by Crippen LogP contribution is -2.03. The highest BCUT2D eigenvalue weighted by molar-refractivity contribution is 6.35. The van der Waals surface area contributed by atoms with Crippen LogP contribution in [0.4, 0.5) is 0 Å². The number of carbonyl (C=O) groups is 1. The smallest absolute Gasteiger partial charge is 0.338 e. The molecule has 15 heavy (non-hydrogen) atoms. The fourth-order valence-electron chi connectivity index (χ4n) is 1.34. The van der Waals surface area contributed by atoms with E-state index in [1.54, 1.807) is 25.1 Å². The molecule has 0 radical (unpaired) electrons. The summed E-state index contributed by atoms with van der Waals surface area (Å²) in [4.78, 5) is 11.4. The Bertz CT molecular complexity index is 502. The largest absolute Gasteiger partial charge is 0.463 e. The summed E-state index contributed by atoms with van der Waals surface area (Å²) in [5.41, 5.74) is 1.06. The zero-order valence-electron chi connectivity index (χ0n) is 8.12. The summed E-state index contributed by atoms with van der Waals surface area (Å²) in [5.74, 6) is -0.355. The Morgan fingerprint density at radius 2 is 2.33 bits per heavy atom. The van der Waals surface area contributed by atoms with Crippen molar-refractivity contribution in [3.63, 3.8) is 0 Å². The van der Waals surface area contributed by atoms with E-state index in [2.05, 4.69) is 0 Å². The number of hydrogen-bond donors (Lipinski definition) is 0. The van der Waals surface area contributed by atoms with Gasteiger partial charge in [-0.25, -0.2) is 4.79 Å². The van der Waals surface area contributed by atoms with Crippen LogP contribution in [-0.4, -0.2) is 12.6 Å². The second-order valence-electron chi connectivity index (χ2n) is 3.02. The van der Waals surface area contributed by atoms with Crippen LogP contribution in [0.2, 0.25) is 5.02 Å². The first-order valence-electron chi connectivity index (χ1n) is 4.56. The van der Waals surface area contributed by atoms with Gasteiger partial charge in [-0.15, -0.1) is 0 Å². The Labute approximate surface area is 91.6 Å². The number of halogens is 1. The summed E-state index contributed by atoms with van der Waals surface area (Å²) < 4.78 is 10.0. The van der Waals surface area contributed by atoms with Crippen LogP contribution in [0.3, 0.4) is 0 Å². The van der Waals surface area contributed by atoms with Crippen molar-refractivity contribution in [1.82, 2.24) is 0 Å². The van der Waals surface area contributed by atoms with Crippen molar-refractivity contribution < 1.29 is 13.9 Å². The summed E-state index contributed by atoms with van der Waals surface area (Å²) in [6.45, 7) is 2.12. The third-order valence-electron chi connectivity index (χ3n) is 2.04. The Hall–Kier alpha value is -1.48. The minimum absolute atomic E-state index is 0.355. The van der Waals surface area contributed by atoms with E-state index in [1.807, 2.05) is 0 Å². The number of fused-ring (bicyclic) bond motifs is 1. The summed E-state index contributed by atoms with van der Waals surface area (Å²) in [5, 5.41) is 1.34.